The summed E-state index contributed by atoms with van der Waals surface area (Å²) in [4.78, 5) is 15.1. The Bertz CT molecular complexity index is 684. The molecule has 0 radical (unpaired) electrons. The third-order valence-electron chi connectivity index (χ3n) is 10.4. The number of ether oxygens (including phenoxy) is 1. The molecule has 0 aromatic carbocycles. The molecular formula is C43H81NO2. The maximum absolute atomic E-state index is 12.8. The lowest BCUT2D eigenvalue weighted by atomic mass is 9.92. The van der Waals surface area contributed by atoms with Crippen LogP contribution in [0, 0.1) is 17.8 Å². The van der Waals surface area contributed by atoms with Gasteiger partial charge in [-0.05, 0) is 103 Å². The molecule has 46 heavy (non-hydrogen) atoms. The molecule has 1 rings (SSSR count). The highest BCUT2D eigenvalue weighted by Crippen LogP contribution is 2.24. The van der Waals surface area contributed by atoms with E-state index in [9.17, 15) is 4.79 Å². The zero-order chi connectivity index (χ0) is 33.3. The number of piperidine rings is 1. The molecule has 0 aromatic rings. The second kappa shape index (κ2) is 32.5. The zero-order valence-corrected chi connectivity index (χ0v) is 31.7. The Labute approximate surface area is 289 Å². The van der Waals surface area contributed by atoms with Gasteiger partial charge in [0.2, 0.25) is 0 Å². The summed E-state index contributed by atoms with van der Waals surface area (Å²) in [5.41, 5.74) is 0. The first kappa shape index (κ1) is 42.9. The lowest BCUT2D eigenvalue weighted by Crippen LogP contribution is -2.34. The number of esters is 1. The van der Waals surface area contributed by atoms with E-state index < -0.39 is 0 Å². The van der Waals surface area contributed by atoms with Crippen LogP contribution in [0.4, 0.5) is 0 Å². The van der Waals surface area contributed by atoms with E-state index in [4.69, 9.17) is 4.74 Å². The van der Waals surface area contributed by atoms with Crippen molar-refractivity contribution in [2.75, 3.05) is 26.7 Å². The van der Waals surface area contributed by atoms with Gasteiger partial charge in [-0.3, -0.25) is 4.79 Å². The van der Waals surface area contributed by atoms with Crippen LogP contribution in [0.25, 0.3) is 0 Å². The summed E-state index contributed by atoms with van der Waals surface area (Å²) in [5.74, 6) is 1.55. The summed E-state index contributed by atoms with van der Waals surface area (Å²) in [7, 11) is 2.15. The van der Waals surface area contributed by atoms with Crippen LogP contribution < -0.4 is 0 Å². The number of unbranched alkanes of at least 4 members (excludes halogenated alkanes) is 17. The van der Waals surface area contributed by atoms with Gasteiger partial charge >= 0.3 is 5.97 Å². The van der Waals surface area contributed by atoms with Crippen LogP contribution in [-0.2, 0) is 9.53 Å². The Hall–Kier alpha value is -1.09. The first-order valence-electron chi connectivity index (χ1n) is 20.8. The monoisotopic (exact) mass is 644 g/mol. The number of allylic oxidation sites excluding steroid dienone is 4. The van der Waals surface area contributed by atoms with Crippen molar-refractivity contribution in [3.8, 4) is 0 Å². The van der Waals surface area contributed by atoms with E-state index >= 15 is 0 Å². The predicted octanol–water partition coefficient (Wildman–Crippen LogP) is 13.4. The largest absolute Gasteiger partial charge is 0.465 e. The van der Waals surface area contributed by atoms with Crippen molar-refractivity contribution in [3.05, 3.63) is 24.3 Å². The summed E-state index contributed by atoms with van der Waals surface area (Å²) >= 11 is 0. The Balaban J connectivity index is 2.38. The van der Waals surface area contributed by atoms with Crippen LogP contribution >= 0.6 is 0 Å². The SMILES string of the molecule is CCCCCC/C=C\CC(C/C=C\CCCCCC)CCCCCCCC(CCCCCCCC)COC(=O)C1CCN(C)CC1. The molecule has 1 fully saturated rings. The van der Waals surface area contributed by atoms with Gasteiger partial charge in [0.05, 0.1) is 12.5 Å². The van der Waals surface area contributed by atoms with Gasteiger partial charge in [0, 0.05) is 0 Å². The van der Waals surface area contributed by atoms with Crippen molar-refractivity contribution >= 4 is 5.97 Å². The number of carbonyl (C=O) groups excluding carboxylic acids is 1. The van der Waals surface area contributed by atoms with E-state index in [2.05, 4.69) is 57.0 Å². The fourth-order valence-corrected chi connectivity index (χ4v) is 7.01. The second-order valence-corrected chi connectivity index (χ2v) is 15.0. The van der Waals surface area contributed by atoms with Crippen molar-refractivity contribution in [2.45, 2.75) is 201 Å². The molecule has 0 bridgehead atoms. The van der Waals surface area contributed by atoms with Crippen LogP contribution in [0.15, 0.2) is 24.3 Å². The van der Waals surface area contributed by atoms with Crippen molar-refractivity contribution in [2.24, 2.45) is 17.8 Å². The fraction of sp³-hybridized carbons (Fsp3) is 0.884. The Morgan fingerprint density at radius 2 is 1.00 bits per heavy atom. The second-order valence-electron chi connectivity index (χ2n) is 15.0. The summed E-state index contributed by atoms with van der Waals surface area (Å²) < 4.78 is 5.96. The minimum absolute atomic E-state index is 0.0771. The lowest BCUT2D eigenvalue weighted by molar-refractivity contribution is -0.151. The van der Waals surface area contributed by atoms with Crippen LogP contribution in [0.2, 0.25) is 0 Å². The van der Waals surface area contributed by atoms with E-state index in [-0.39, 0.29) is 11.9 Å². The molecule has 0 aromatic heterocycles. The molecule has 3 nitrogen and oxygen atoms in total. The molecule has 1 aliphatic heterocycles. The van der Waals surface area contributed by atoms with Crippen LogP contribution in [0.3, 0.4) is 0 Å². The normalized spacial score (nSPS) is 15.5. The molecule has 1 unspecified atom stereocenters. The number of hydrogen-bond acceptors (Lipinski definition) is 3. The quantitative estimate of drug-likeness (QED) is 0.0415. The Morgan fingerprint density at radius 3 is 1.48 bits per heavy atom. The fourth-order valence-electron chi connectivity index (χ4n) is 7.01. The molecule has 1 saturated heterocycles. The van der Waals surface area contributed by atoms with Gasteiger partial charge in [0.15, 0.2) is 0 Å². The molecular weight excluding hydrogens is 562 g/mol. The maximum atomic E-state index is 12.8. The molecule has 270 valence electrons. The van der Waals surface area contributed by atoms with Gasteiger partial charge in [-0.1, -0.05) is 154 Å². The highest BCUT2D eigenvalue weighted by atomic mass is 16.5. The zero-order valence-electron chi connectivity index (χ0n) is 31.7. The summed E-state index contributed by atoms with van der Waals surface area (Å²) in [6, 6.07) is 0. The highest BCUT2D eigenvalue weighted by molar-refractivity contribution is 5.72. The molecule has 0 aliphatic carbocycles. The van der Waals surface area contributed by atoms with Gasteiger partial charge in [-0.2, -0.15) is 0 Å². The first-order chi connectivity index (χ1) is 22.6. The Morgan fingerprint density at radius 1 is 0.587 bits per heavy atom. The molecule has 0 amide bonds. The number of rotatable bonds is 32. The minimum Gasteiger partial charge on any atom is -0.465 e. The van der Waals surface area contributed by atoms with Crippen molar-refractivity contribution < 1.29 is 9.53 Å². The Kier molecular flexibility index (Phi) is 30.3. The lowest BCUT2D eigenvalue weighted by Gasteiger charge is -2.28. The third kappa shape index (κ3) is 25.9. The minimum atomic E-state index is 0.0771. The number of hydrogen-bond donors (Lipinski definition) is 0. The maximum Gasteiger partial charge on any atom is 0.309 e. The van der Waals surface area contributed by atoms with Gasteiger partial charge in [0.1, 0.15) is 0 Å². The first-order valence-corrected chi connectivity index (χ1v) is 20.8. The third-order valence-corrected chi connectivity index (χ3v) is 10.4. The molecule has 1 atom stereocenters. The topological polar surface area (TPSA) is 29.5 Å². The smallest absolute Gasteiger partial charge is 0.309 e. The number of carbonyl (C=O) groups is 1. The number of likely N-dealkylation sites (tertiary alicyclic amines) is 1. The molecule has 0 spiro atoms. The van der Waals surface area contributed by atoms with Crippen LogP contribution in [0.5, 0.6) is 0 Å². The van der Waals surface area contributed by atoms with E-state index in [1.807, 2.05) is 0 Å². The van der Waals surface area contributed by atoms with E-state index in [0.29, 0.717) is 12.5 Å². The molecule has 1 aliphatic rings. The van der Waals surface area contributed by atoms with Gasteiger partial charge in [-0.25, -0.2) is 0 Å². The van der Waals surface area contributed by atoms with Crippen molar-refractivity contribution in [3.63, 3.8) is 0 Å². The molecule has 0 saturated carbocycles. The van der Waals surface area contributed by atoms with Gasteiger partial charge < -0.3 is 9.64 Å². The van der Waals surface area contributed by atoms with E-state index in [1.54, 1.807) is 0 Å². The summed E-state index contributed by atoms with van der Waals surface area (Å²) in [6.45, 7) is 9.57. The molecule has 0 N–H and O–H groups in total. The predicted molar refractivity (Wildman–Crippen MR) is 204 cm³/mol. The van der Waals surface area contributed by atoms with E-state index in [0.717, 1.165) is 31.8 Å². The van der Waals surface area contributed by atoms with E-state index in [1.165, 1.54) is 167 Å². The van der Waals surface area contributed by atoms with Crippen LogP contribution in [-0.4, -0.2) is 37.6 Å². The summed E-state index contributed by atoms with van der Waals surface area (Å²) in [6.07, 6.45) is 46.3. The van der Waals surface area contributed by atoms with Crippen molar-refractivity contribution in [1.29, 1.82) is 0 Å². The standard InChI is InChI=1S/C43H81NO2/c1-5-8-11-14-17-21-25-30-40(31-26-22-18-15-12-9-6-2)32-27-23-19-24-29-34-41(33-28-20-16-13-10-7-3)39-46-43(45)42-35-37-44(4)38-36-42/h21-22,25-26,40-42H,5-20,23-24,27-39H2,1-4H3/b25-21-,26-22-. The summed E-state index contributed by atoms with van der Waals surface area (Å²) in [5, 5.41) is 0. The molecule has 1 heterocycles. The van der Waals surface area contributed by atoms with Crippen LogP contribution in [0.1, 0.15) is 201 Å². The average molecular weight is 644 g/mol. The van der Waals surface area contributed by atoms with Gasteiger partial charge in [0.25, 0.3) is 0 Å². The average Bonchev–Trinajstić information content (AvgIpc) is 3.06. The molecule has 3 heteroatoms. The van der Waals surface area contributed by atoms with Gasteiger partial charge in [-0.15, -0.1) is 0 Å². The number of nitrogens with zero attached hydrogens (tertiary/aromatic N) is 1. The van der Waals surface area contributed by atoms with Crippen molar-refractivity contribution in [1.82, 2.24) is 4.90 Å². The highest BCUT2D eigenvalue weighted by Gasteiger charge is 2.25.